The molecule has 5 saturated carbocycles. The summed E-state index contributed by atoms with van der Waals surface area (Å²) in [6.45, 7) is 1.48. The van der Waals surface area contributed by atoms with Gasteiger partial charge in [0.1, 0.15) is 11.6 Å². The molecule has 0 N–H and O–H groups in total. The first kappa shape index (κ1) is 24.5. The van der Waals surface area contributed by atoms with E-state index >= 15 is 4.39 Å². The van der Waals surface area contributed by atoms with Crippen molar-refractivity contribution in [3.63, 3.8) is 0 Å². The Labute approximate surface area is 209 Å². The van der Waals surface area contributed by atoms with Gasteiger partial charge >= 0.3 is 6.18 Å². The van der Waals surface area contributed by atoms with Gasteiger partial charge in [0.05, 0.1) is 18.7 Å². The van der Waals surface area contributed by atoms with Gasteiger partial charge in [-0.25, -0.2) is 4.39 Å². The van der Waals surface area contributed by atoms with E-state index in [9.17, 15) is 18.0 Å². The summed E-state index contributed by atoms with van der Waals surface area (Å²) in [6.07, 6.45) is 4.45. The fraction of sp³-hybridized carbons (Fsp3) is 0.750. The summed E-state index contributed by atoms with van der Waals surface area (Å²) in [7, 11) is 1.01. The fourth-order valence-corrected chi connectivity index (χ4v) is 8.25. The Balaban J connectivity index is 1.23. The van der Waals surface area contributed by atoms with Gasteiger partial charge in [0.2, 0.25) is 0 Å². The molecule has 6 aliphatic rings. The van der Waals surface area contributed by atoms with Gasteiger partial charge in [-0.05, 0) is 93.6 Å². The molecule has 4 nitrogen and oxygen atoms in total. The van der Waals surface area contributed by atoms with Crippen molar-refractivity contribution >= 4 is 5.91 Å². The molecular weight excluding hydrogens is 474 g/mol. The highest BCUT2D eigenvalue weighted by atomic mass is 19.4. The third-order valence-corrected chi connectivity index (χ3v) is 9.80. The maximum atomic E-state index is 15.4. The zero-order chi connectivity index (χ0) is 25.5. The molecule has 198 valence electrons. The van der Waals surface area contributed by atoms with E-state index in [1.165, 1.54) is 50.7 Å². The number of alkyl halides is 3. The van der Waals surface area contributed by atoms with E-state index in [1.54, 1.807) is 6.92 Å². The standard InChI is InChI=1S/C28H35F4NO3/c1-16-10-27(35-2,28(30,31)32)14-33(16)25(34)22-8-21(20-3-4-20)24(9-23(22)29)36-15-26-11-17-5-18(12-26)7-19(6-17)13-26/h8-9,16-20H,3-7,10-15H2,1-2H3/t16-,17?,18?,19?,26?,27?/m1/s1. The van der Waals surface area contributed by atoms with Gasteiger partial charge in [0.25, 0.3) is 5.91 Å². The van der Waals surface area contributed by atoms with Crippen LogP contribution in [-0.2, 0) is 4.74 Å². The number of nitrogens with zero attached hydrogens (tertiary/aromatic N) is 1. The molecule has 0 spiro atoms. The second kappa shape index (κ2) is 8.34. The van der Waals surface area contributed by atoms with Crippen LogP contribution in [-0.4, -0.2) is 48.9 Å². The van der Waals surface area contributed by atoms with Crippen molar-refractivity contribution in [1.29, 1.82) is 0 Å². The third-order valence-electron chi connectivity index (χ3n) is 9.80. The largest absolute Gasteiger partial charge is 0.493 e. The van der Waals surface area contributed by atoms with Gasteiger partial charge in [-0.3, -0.25) is 4.79 Å². The van der Waals surface area contributed by atoms with Crippen molar-refractivity contribution in [2.45, 2.75) is 88.4 Å². The molecule has 5 aliphatic carbocycles. The first-order valence-electron chi connectivity index (χ1n) is 13.4. The Hall–Kier alpha value is -1.83. The Morgan fingerprint density at radius 1 is 1.06 bits per heavy atom. The number of hydrogen-bond acceptors (Lipinski definition) is 3. The third kappa shape index (κ3) is 4.02. The van der Waals surface area contributed by atoms with Crippen molar-refractivity contribution < 1.29 is 31.8 Å². The number of methoxy groups -OCH3 is 1. The van der Waals surface area contributed by atoms with Crippen LogP contribution in [0.25, 0.3) is 0 Å². The van der Waals surface area contributed by atoms with Gasteiger partial charge in [-0.1, -0.05) is 0 Å². The van der Waals surface area contributed by atoms with Crippen LogP contribution in [0.3, 0.4) is 0 Å². The quantitative estimate of drug-likeness (QED) is 0.412. The molecule has 2 atom stereocenters. The zero-order valence-corrected chi connectivity index (χ0v) is 21.0. The number of benzene rings is 1. The number of halogens is 4. The Morgan fingerprint density at radius 2 is 1.67 bits per heavy atom. The fourth-order valence-electron chi connectivity index (χ4n) is 8.25. The van der Waals surface area contributed by atoms with Gasteiger partial charge in [0.15, 0.2) is 5.60 Å². The molecule has 1 aliphatic heterocycles. The van der Waals surface area contributed by atoms with Crippen molar-refractivity contribution in [3.05, 3.63) is 29.1 Å². The molecule has 8 heteroatoms. The van der Waals surface area contributed by atoms with Crippen LogP contribution in [0.5, 0.6) is 5.75 Å². The van der Waals surface area contributed by atoms with E-state index in [4.69, 9.17) is 9.47 Å². The van der Waals surface area contributed by atoms with Crippen molar-refractivity contribution in [2.24, 2.45) is 23.2 Å². The molecule has 4 bridgehead atoms. The predicted molar refractivity (Wildman–Crippen MR) is 125 cm³/mol. The number of likely N-dealkylation sites (tertiary alicyclic amines) is 1. The molecule has 1 aromatic rings. The normalized spacial score (nSPS) is 37.6. The van der Waals surface area contributed by atoms with E-state index in [-0.39, 0.29) is 23.3 Å². The summed E-state index contributed by atoms with van der Waals surface area (Å²) < 4.78 is 67.8. The van der Waals surface area contributed by atoms with Gasteiger partial charge in [-0.15, -0.1) is 0 Å². The summed E-state index contributed by atoms with van der Waals surface area (Å²) in [5.74, 6) is 1.61. The van der Waals surface area contributed by atoms with E-state index in [0.717, 1.165) is 48.2 Å². The molecular formula is C28H35F4NO3. The van der Waals surface area contributed by atoms with E-state index < -0.39 is 36.1 Å². The van der Waals surface area contributed by atoms with Gasteiger partial charge in [-0.2, -0.15) is 13.2 Å². The molecule has 1 heterocycles. The second-order valence-electron chi connectivity index (χ2n) is 12.5. The average Bonchev–Trinajstić information content (AvgIpc) is 3.57. The van der Waals surface area contributed by atoms with Crippen LogP contribution in [0.1, 0.15) is 86.6 Å². The van der Waals surface area contributed by atoms with Crippen molar-refractivity contribution in [2.75, 3.05) is 20.3 Å². The lowest BCUT2D eigenvalue weighted by atomic mass is 9.50. The van der Waals surface area contributed by atoms with Gasteiger partial charge in [0, 0.05) is 31.1 Å². The smallest absolute Gasteiger partial charge is 0.419 e. The van der Waals surface area contributed by atoms with Crippen molar-refractivity contribution in [3.8, 4) is 5.75 Å². The average molecular weight is 510 g/mol. The zero-order valence-electron chi connectivity index (χ0n) is 21.0. The summed E-state index contributed by atoms with van der Waals surface area (Å²) in [5.41, 5.74) is -1.63. The summed E-state index contributed by atoms with van der Waals surface area (Å²) in [5, 5.41) is 0. The maximum absolute atomic E-state index is 15.4. The van der Waals surface area contributed by atoms with Crippen LogP contribution in [0.2, 0.25) is 0 Å². The lowest BCUT2D eigenvalue weighted by Gasteiger charge is -2.56. The first-order valence-corrected chi connectivity index (χ1v) is 13.4. The highest BCUT2D eigenvalue weighted by Crippen LogP contribution is 2.60. The van der Waals surface area contributed by atoms with Crippen LogP contribution in [0.4, 0.5) is 17.6 Å². The number of ether oxygens (including phenoxy) is 2. The lowest BCUT2D eigenvalue weighted by Crippen LogP contribution is -2.49. The molecule has 1 unspecified atom stereocenters. The van der Waals surface area contributed by atoms with Crippen LogP contribution in [0.15, 0.2) is 12.1 Å². The first-order chi connectivity index (χ1) is 17.0. The Kier molecular flexibility index (Phi) is 5.67. The topological polar surface area (TPSA) is 38.8 Å². The number of rotatable bonds is 6. The van der Waals surface area contributed by atoms with E-state index in [1.807, 2.05) is 0 Å². The summed E-state index contributed by atoms with van der Waals surface area (Å²) in [4.78, 5) is 14.4. The minimum atomic E-state index is -4.63. The molecule has 7 rings (SSSR count). The van der Waals surface area contributed by atoms with Crippen molar-refractivity contribution in [1.82, 2.24) is 4.90 Å². The summed E-state index contributed by atoms with van der Waals surface area (Å²) >= 11 is 0. The van der Waals surface area contributed by atoms with Crippen LogP contribution < -0.4 is 4.74 Å². The number of hydrogen-bond donors (Lipinski definition) is 0. The molecule has 1 saturated heterocycles. The molecule has 1 amide bonds. The molecule has 1 aromatic carbocycles. The highest BCUT2D eigenvalue weighted by Gasteiger charge is 2.61. The van der Waals surface area contributed by atoms with Crippen LogP contribution in [0, 0.1) is 29.0 Å². The number of carbonyl (C=O) groups excluding carboxylic acids is 1. The molecule has 36 heavy (non-hydrogen) atoms. The monoisotopic (exact) mass is 509 g/mol. The minimum Gasteiger partial charge on any atom is -0.493 e. The van der Waals surface area contributed by atoms with Crippen LogP contribution >= 0.6 is 0 Å². The van der Waals surface area contributed by atoms with E-state index in [2.05, 4.69) is 0 Å². The maximum Gasteiger partial charge on any atom is 0.419 e. The Bertz CT molecular complexity index is 1020. The number of amides is 1. The number of carbonyl (C=O) groups is 1. The van der Waals surface area contributed by atoms with Gasteiger partial charge < -0.3 is 14.4 Å². The Morgan fingerprint density at radius 3 is 2.17 bits per heavy atom. The minimum absolute atomic E-state index is 0.173. The summed E-state index contributed by atoms with van der Waals surface area (Å²) in [6, 6.07) is 2.11. The second-order valence-corrected chi connectivity index (χ2v) is 12.5. The molecule has 0 radical (unpaired) electrons. The SMILES string of the molecule is COC1(C(F)(F)F)C[C@@H](C)N(C(=O)c2cc(C3CC3)c(OCC34CC5CC(CC(C5)C3)C4)cc2F)C1. The molecule has 6 fully saturated rings. The highest BCUT2D eigenvalue weighted by molar-refractivity contribution is 5.95. The lowest BCUT2D eigenvalue weighted by molar-refractivity contribution is -0.263. The predicted octanol–water partition coefficient (Wildman–Crippen LogP) is 6.48. The van der Waals surface area contributed by atoms with E-state index in [0.29, 0.717) is 12.4 Å². The molecule has 0 aromatic heterocycles.